The van der Waals surface area contributed by atoms with Crippen molar-refractivity contribution in [1.29, 1.82) is 0 Å². The van der Waals surface area contributed by atoms with E-state index in [1.807, 2.05) is 13.8 Å². The van der Waals surface area contributed by atoms with E-state index < -0.39 is 10.0 Å². The van der Waals surface area contributed by atoms with E-state index in [1.165, 1.54) is 0 Å². The molecule has 0 amide bonds. The smallest absolute Gasteiger partial charge is 0.214 e. The number of sulfonamides is 1. The quantitative estimate of drug-likeness (QED) is 0.794. The first-order valence-corrected chi connectivity index (χ1v) is 7.81. The van der Waals surface area contributed by atoms with Gasteiger partial charge in [-0.15, -0.1) is 0 Å². The summed E-state index contributed by atoms with van der Waals surface area (Å²) in [5.74, 6) is 0.782. The number of piperidine rings is 1. The van der Waals surface area contributed by atoms with Crippen LogP contribution < -0.4 is 5.73 Å². The second-order valence-electron chi connectivity index (χ2n) is 4.77. The molecule has 1 aliphatic rings. The van der Waals surface area contributed by atoms with Gasteiger partial charge in [0.1, 0.15) is 0 Å². The predicted molar refractivity (Wildman–Crippen MR) is 66.6 cm³/mol. The van der Waals surface area contributed by atoms with Crippen molar-refractivity contribution in [3.05, 3.63) is 0 Å². The average molecular weight is 248 g/mol. The number of nitrogens with zero attached hydrogens (tertiary/aromatic N) is 1. The van der Waals surface area contributed by atoms with E-state index in [0.717, 1.165) is 25.7 Å². The van der Waals surface area contributed by atoms with E-state index in [4.69, 9.17) is 5.73 Å². The van der Waals surface area contributed by atoms with Crippen LogP contribution in [0.3, 0.4) is 0 Å². The van der Waals surface area contributed by atoms with E-state index in [1.54, 1.807) is 4.31 Å². The van der Waals surface area contributed by atoms with Gasteiger partial charge < -0.3 is 5.73 Å². The number of unbranched alkanes of at least 4 members (excludes halogenated alkanes) is 1. The Kier molecular flexibility index (Phi) is 5.21. The summed E-state index contributed by atoms with van der Waals surface area (Å²) in [6.45, 7) is 5.32. The first-order valence-electron chi connectivity index (χ1n) is 6.20. The summed E-state index contributed by atoms with van der Waals surface area (Å²) in [5.41, 5.74) is 5.83. The van der Waals surface area contributed by atoms with Crippen molar-refractivity contribution in [1.82, 2.24) is 4.31 Å². The van der Waals surface area contributed by atoms with Crippen molar-refractivity contribution in [2.45, 2.75) is 45.6 Å². The van der Waals surface area contributed by atoms with Gasteiger partial charge in [-0.25, -0.2) is 12.7 Å². The normalized spacial score (nSPS) is 22.2. The molecule has 0 aromatic rings. The van der Waals surface area contributed by atoms with Gasteiger partial charge in [-0.1, -0.05) is 13.3 Å². The maximum atomic E-state index is 11.9. The minimum absolute atomic E-state index is 0.181. The van der Waals surface area contributed by atoms with Crippen molar-refractivity contribution >= 4 is 10.0 Å². The van der Waals surface area contributed by atoms with Crippen LogP contribution in [0.15, 0.2) is 0 Å². The van der Waals surface area contributed by atoms with Crippen LogP contribution in [0.5, 0.6) is 0 Å². The molecule has 96 valence electrons. The van der Waals surface area contributed by atoms with E-state index in [2.05, 4.69) is 0 Å². The molecule has 16 heavy (non-hydrogen) atoms. The molecule has 2 N–H and O–H groups in total. The lowest BCUT2D eigenvalue weighted by Crippen LogP contribution is -2.43. The Morgan fingerprint density at radius 3 is 2.38 bits per heavy atom. The zero-order chi connectivity index (χ0) is 12.2. The van der Waals surface area contributed by atoms with Crippen molar-refractivity contribution in [3.8, 4) is 0 Å². The second kappa shape index (κ2) is 5.98. The fourth-order valence-corrected chi connectivity index (χ4v) is 3.81. The van der Waals surface area contributed by atoms with E-state index in [0.29, 0.717) is 24.8 Å². The molecule has 0 bridgehead atoms. The van der Waals surface area contributed by atoms with Gasteiger partial charge in [0.25, 0.3) is 0 Å². The zero-order valence-electron chi connectivity index (χ0n) is 10.4. The highest BCUT2D eigenvalue weighted by atomic mass is 32.2. The summed E-state index contributed by atoms with van der Waals surface area (Å²) in [6, 6.07) is 0.181. The Balaban J connectivity index is 2.47. The molecule has 0 aromatic heterocycles. The standard InChI is InChI=1S/C11H24N2O2S/c1-3-4-9-16(14,15)13-7-5-11(6-8-13)10(2)12/h10-11H,3-9,12H2,1-2H3. The molecular formula is C11H24N2O2S. The molecule has 0 radical (unpaired) electrons. The molecule has 1 atom stereocenters. The lowest BCUT2D eigenvalue weighted by Gasteiger charge is -2.32. The molecular weight excluding hydrogens is 224 g/mol. The molecule has 1 unspecified atom stereocenters. The van der Waals surface area contributed by atoms with Crippen LogP contribution >= 0.6 is 0 Å². The molecule has 0 aromatic carbocycles. The summed E-state index contributed by atoms with van der Waals surface area (Å²) in [6.07, 6.45) is 3.50. The Labute approximate surface area is 99.2 Å². The first kappa shape index (κ1) is 13.9. The summed E-state index contributed by atoms with van der Waals surface area (Å²) in [4.78, 5) is 0. The molecule has 4 nitrogen and oxygen atoms in total. The maximum Gasteiger partial charge on any atom is 0.214 e. The average Bonchev–Trinajstić information content (AvgIpc) is 2.26. The Morgan fingerprint density at radius 1 is 1.38 bits per heavy atom. The topological polar surface area (TPSA) is 63.4 Å². The van der Waals surface area contributed by atoms with Gasteiger partial charge in [-0.05, 0) is 32.1 Å². The van der Waals surface area contributed by atoms with Crippen molar-refractivity contribution in [2.24, 2.45) is 11.7 Å². The molecule has 1 rings (SSSR count). The Bertz CT molecular complexity index is 293. The van der Waals surface area contributed by atoms with Crippen molar-refractivity contribution in [3.63, 3.8) is 0 Å². The minimum Gasteiger partial charge on any atom is -0.328 e. The summed E-state index contributed by atoms with van der Waals surface area (Å²) < 4.78 is 25.5. The SMILES string of the molecule is CCCCS(=O)(=O)N1CCC(C(C)N)CC1. The highest BCUT2D eigenvalue weighted by Crippen LogP contribution is 2.22. The predicted octanol–water partition coefficient (Wildman–Crippen LogP) is 1.18. The molecule has 0 saturated carbocycles. The molecule has 5 heteroatoms. The van der Waals surface area contributed by atoms with Gasteiger partial charge in [-0.2, -0.15) is 0 Å². The van der Waals surface area contributed by atoms with Crippen molar-refractivity contribution < 1.29 is 8.42 Å². The highest BCUT2D eigenvalue weighted by molar-refractivity contribution is 7.89. The van der Waals surface area contributed by atoms with Gasteiger partial charge in [0.2, 0.25) is 10.0 Å². The number of nitrogens with two attached hydrogens (primary N) is 1. The molecule has 0 aliphatic carbocycles. The molecule has 0 spiro atoms. The Morgan fingerprint density at radius 2 is 1.94 bits per heavy atom. The fourth-order valence-electron chi connectivity index (χ4n) is 2.14. The fraction of sp³-hybridized carbons (Fsp3) is 1.00. The minimum atomic E-state index is -3.00. The van der Waals surface area contributed by atoms with Crippen LogP contribution in [0.1, 0.15) is 39.5 Å². The van der Waals surface area contributed by atoms with Gasteiger partial charge >= 0.3 is 0 Å². The summed E-state index contributed by atoms with van der Waals surface area (Å²) >= 11 is 0. The van der Waals surface area contributed by atoms with Crippen LogP contribution in [0, 0.1) is 5.92 Å². The lowest BCUT2D eigenvalue weighted by molar-refractivity contribution is 0.250. The monoisotopic (exact) mass is 248 g/mol. The number of hydrogen-bond donors (Lipinski definition) is 1. The van der Waals surface area contributed by atoms with E-state index in [9.17, 15) is 8.42 Å². The second-order valence-corrected chi connectivity index (χ2v) is 6.85. The molecule has 1 heterocycles. The zero-order valence-corrected chi connectivity index (χ0v) is 11.2. The highest BCUT2D eigenvalue weighted by Gasteiger charge is 2.28. The summed E-state index contributed by atoms with van der Waals surface area (Å²) in [5, 5.41) is 0. The van der Waals surface area contributed by atoms with Crippen LogP contribution in [-0.2, 0) is 10.0 Å². The number of rotatable bonds is 5. The number of hydrogen-bond acceptors (Lipinski definition) is 3. The summed E-state index contributed by atoms with van der Waals surface area (Å²) in [7, 11) is -3.00. The molecule has 1 aliphatic heterocycles. The van der Waals surface area contributed by atoms with Crippen molar-refractivity contribution in [2.75, 3.05) is 18.8 Å². The lowest BCUT2D eigenvalue weighted by atomic mass is 9.92. The third-order valence-electron chi connectivity index (χ3n) is 3.39. The van der Waals surface area contributed by atoms with Crippen LogP contribution in [0.2, 0.25) is 0 Å². The van der Waals surface area contributed by atoms with Crippen LogP contribution in [0.4, 0.5) is 0 Å². The maximum absolute atomic E-state index is 11.9. The van der Waals surface area contributed by atoms with Gasteiger partial charge in [0, 0.05) is 19.1 Å². The Hall–Kier alpha value is -0.130. The molecule has 1 saturated heterocycles. The third-order valence-corrected chi connectivity index (χ3v) is 5.35. The first-order chi connectivity index (χ1) is 7.47. The van der Waals surface area contributed by atoms with Crippen LogP contribution in [0.25, 0.3) is 0 Å². The molecule has 1 fully saturated rings. The van der Waals surface area contributed by atoms with Crippen LogP contribution in [-0.4, -0.2) is 37.6 Å². The van der Waals surface area contributed by atoms with E-state index in [-0.39, 0.29) is 6.04 Å². The van der Waals surface area contributed by atoms with Gasteiger partial charge in [-0.3, -0.25) is 0 Å². The van der Waals surface area contributed by atoms with Gasteiger partial charge in [0.15, 0.2) is 0 Å². The van der Waals surface area contributed by atoms with E-state index >= 15 is 0 Å². The third kappa shape index (κ3) is 3.71. The largest absolute Gasteiger partial charge is 0.328 e. The van der Waals surface area contributed by atoms with Gasteiger partial charge in [0.05, 0.1) is 5.75 Å².